The highest BCUT2D eigenvalue weighted by atomic mass is 16.6. The molecule has 3 atom stereocenters. The van der Waals surface area contributed by atoms with Crippen molar-refractivity contribution in [3.8, 4) is 0 Å². The van der Waals surface area contributed by atoms with Crippen LogP contribution < -0.4 is 5.43 Å². The van der Waals surface area contributed by atoms with Gasteiger partial charge in [-0.05, 0) is 54.2 Å². The van der Waals surface area contributed by atoms with Crippen LogP contribution in [0.3, 0.4) is 0 Å². The predicted molar refractivity (Wildman–Crippen MR) is 96.4 cm³/mol. The first kappa shape index (κ1) is 14.6. The van der Waals surface area contributed by atoms with Crippen molar-refractivity contribution >= 4 is 17.1 Å². The number of nitro groups is 1. The fourth-order valence-electron chi connectivity index (χ4n) is 5.20. The molecule has 0 aromatic heterocycles. The fraction of sp³-hybridized carbons (Fsp3) is 0.350. The van der Waals surface area contributed by atoms with Gasteiger partial charge in [-0.2, -0.15) is 5.10 Å². The Kier molecular flexibility index (Phi) is 3.17. The normalized spacial score (nSPS) is 31.8. The molecule has 0 spiro atoms. The van der Waals surface area contributed by atoms with Crippen molar-refractivity contribution in [3.05, 3.63) is 70.3 Å². The van der Waals surface area contributed by atoms with Crippen molar-refractivity contribution in [1.29, 1.82) is 0 Å². The highest BCUT2D eigenvalue weighted by Gasteiger charge is 2.69. The van der Waals surface area contributed by atoms with Crippen molar-refractivity contribution in [2.24, 2.45) is 34.7 Å². The average molecular weight is 333 g/mol. The molecule has 4 fully saturated rings. The Morgan fingerprint density at radius 1 is 1.04 bits per heavy atom. The van der Waals surface area contributed by atoms with Gasteiger partial charge in [0.1, 0.15) is 0 Å². The number of anilines is 1. The van der Waals surface area contributed by atoms with Crippen LogP contribution in [0.4, 0.5) is 11.4 Å². The maximum absolute atomic E-state index is 10.8. The molecule has 0 amide bonds. The van der Waals surface area contributed by atoms with Crippen molar-refractivity contribution in [3.63, 3.8) is 0 Å². The minimum atomic E-state index is -0.387. The van der Waals surface area contributed by atoms with Gasteiger partial charge in [0, 0.05) is 18.1 Å². The van der Waals surface area contributed by atoms with E-state index in [0.29, 0.717) is 5.92 Å². The van der Waals surface area contributed by atoms with Gasteiger partial charge in [0.2, 0.25) is 0 Å². The third-order valence-corrected chi connectivity index (χ3v) is 6.24. The number of nitrogens with one attached hydrogen (secondary N) is 1. The van der Waals surface area contributed by atoms with Crippen molar-refractivity contribution in [2.75, 3.05) is 5.43 Å². The van der Waals surface area contributed by atoms with Gasteiger partial charge >= 0.3 is 0 Å². The third kappa shape index (κ3) is 2.34. The molecule has 0 radical (unpaired) electrons. The summed E-state index contributed by atoms with van der Waals surface area (Å²) in [5.74, 6) is 4.02. The Morgan fingerprint density at radius 2 is 1.72 bits per heavy atom. The van der Waals surface area contributed by atoms with Crippen molar-refractivity contribution in [1.82, 2.24) is 0 Å². The summed E-state index contributed by atoms with van der Waals surface area (Å²) in [6.07, 6.45) is 2.73. The van der Waals surface area contributed by atoms with E-state index in [-0.39, 0.29) is 10.6 Å². The van der Waals surface area contributed by atoms with Crippen LogP contribution in [0, 0.1) is 39.7 Å². The molecule has 3 unspecified atom stereocenters. The minimum Gasteiger partial charge on any atom is -0.278 e. The first-order valence-corrected chi connectivity index (χ1v) is 8.86. The predicted octanol–water partition coefficient (Wildman–Crippen LogP) is 4.31. The Hall–Kier alpha value is -2.69. The second-order valence-corrected chi connectivity index (χ2v) is 7.44. The molecule has 4 aliphatic carbocycles. The number of rotatable bonds is 5. The SMILES string of the molecule is O=[N+]([O-])c1ccc(N/N=C(/c2ccccc2)C2C3CC4C(C3)C42)cc1. The molecule has 126 valence electrons. The molecule has 2 aromatic rings. The van der Waals surface area contributed by atoms with Crippen LogP contribution in [-0.4, -0.2) is 10.6 Å². The number of benzene rings is 2. The smallest absolute Gasteiger partial charge is 0.269 e. The number of hydrazone groups is 1. The summed E-state index contributed by atoms with van der Waals surface area (Å²) in [6, 6.07) is 16.8. The summed E-state index contributed by atoms with van der Waals surface area (Å²) in [5, 5.41) is 15.5. The molecule has 25 heavy (non-hydrogen) atoms. The number of hydrogen-bond acceptors (Lipinski definition) is 4. The molecule has 1 N–H and O–H groups in total. The zero-order valence-electron chi connectivity index (χ0n) is 13.7. The Balaban J connectivity index is 1.44. The Bertz CT molecular complexity index is 833. The lowest BCUT2D eigenvalue weighted by molar-refractivity contribution is -0.384. The lowest BCUT2D eigenvalue weighted by Gasteiger charge is -2.18. The topological polar surface area (TPSA) is 67.5 Å². The van der Waals surface area contributed by atoms with Gasteiger partial charge in [-0.1, -0.05) is 30.3 Å². The number of non-ortho nitro benzene ring substituents is 1. The van der Waals surface area contributed by atoms with Crippen LogP contribution in [0.5, 0.6) is 0 Å². The van der Waals surface area contributed by atoms with Gasteiger partial charge < -0.3 is 0 Å². The van der Waals surface area contributed by atoms with Gasteiger partial charge in [-0.15, -0.1) is 0 Å². The summed E-state index contributed by atoms with van der Waals surface area (Å²) in [6.45, 7) is 0. The van der Waals surface area contributed by atoms with E-state index >= 15 is 0 Å². The molecular weight excluding hydrogens is 314 g/mol. The zero-order valence-corrected chi connectivity index (χ0v) is 13.7. The van der Waals surface area contributed by atoms with Gasteiger partial charge in [-0.3, -0.25) is 15.5 Å². The lowest BCUT2D eigenvalue weighted by atomic mass is 9.89. The Labute approximate surface area is 145 Å². The molecule has 5 nitrogen and oxygen atoms in total. The minimum absolute atomic E-state index is 0.0928. The van der Waals surface area contributed by atoms with E-state index in [1.165, 1.54) is 30.5 Å². The van der Waals surface area contributed by atoms with E-state index < -0.39 is 0 Å². The van der Waals surface area contributed by atoms with Crippen LogP contribution in [0.25, 0.3) is 0 Å². The van der Waals surface area contributed by atoms with Gasteiger partial charge in [-0.25, -0.2) is 0 Å². The highest BCUT2D eigenvalue weighted by Crippen LogP contribution is 2.73. The van der Waals surface area contributed by atoms with Crippen molar-refractivity contribution in [2.45, 2.75) is 12.8 Å². The summed E-state index contributed by atoms with van der Waals surface area (Å²) < 4.78 is 0. The molecule has 0 aliphatic heterocycles. The maximum atomic E-state index is 10.8. The largest absolute Gasteiger partial charge is 0.278 e. The van der Waals surface area contributed by atoms with Crippen LogP contribution >= 0.6 is 0 Å². The van der Waals surface area contributed by atoms with Gasteiger partial charge in [0.25, 0.3) is 5.69 Å². The van der Waals surface area contributed by atoms with E-state index in [2.05, 4.69) is 29.7 Å². The van der Waals surface area contributed by atoms with Crippen LogP contribution in [0.2, 0.25) is 0 Å². The summed E-state index contributed by atoms with van der Waals surface area (Å²) in [4.78, 5) is 10.4. The van der Waals surface area contributed by atoms with Crippen molar-refractivity contribution < 1.29 is 4.92 Å². The first-order chi connectivity index (χ1) is 12.2. The number of hydrogen-bond donors (Lipinski definition) is 1. The van der Waals surface area contributed by atoms with Crippen LogP contribution in [0.15, 0.2) is 59.7 Å². The van der Waals surface area contributed by atoms with E-state index in [1.807, 2.05) is 6.07 Å². The van der Waals surface area contributed by atoms with E-state index in [9.17, 15) is 10.1 Å². The second-order valence-electron chi connectivity index (χ2n) is 7.44. The number of nitro benzene ring substituents is 1. The Morgan fingerprint density at radius 3 is 2.28 bits per heavy atom. The van der Waals surface area contributed by atoms with Gasteiger partial charge in [0.15, 0.2) is 0 Å². The summed E-state index contributed by atoms with van der Waals surface area (Å²) in [5.41, 5.74) is 6.33. The molecule has 4 bridgehead atoms. The fourth-order valence-corrected chi connectivity index (χ4v) is 5.20. The second kappa shape index (κ2) is 5.41. The molecule has 0 heterocycles. The molecule has 0 saturated heterocycles. The summed E-state index contributed by atoms with van der Waals surface area (Å²) >= 11 is 0. The third-order valence-electron chi connectivity index (χ3n) is 6.24. The monoisotopic (exact) mass is 333 g/mol. The standard InChI is InChI=1S/C20H19N3O2/c24-23(25)15-8-6-14(7-9-15)21-22-20(12-4-2-1-3-5-12)18-13-10-16-17(11-13)19(16)18/h1-9,13,16-19,21H,10-11H2/b22-20-. The number of nitrogens with zero attached hydrogens (tertiary/aromatic N) is 2. The first-order valence-electron chi connectivity index (χ1n) is 8.86. The van der Waals surface area contributed by atoms with E-state index in [0.717, 1.165) is 35.1 Å². The molecular formula is C20H19N3O2. The molecule has 2 aromatic carbocycles. The van der Waals surface area contributed by atoms with E-state index in [1.54, 1.807) is 12.1 Å². The summed E-state index contributed by atoms with van der Waals surface area (Å²) in [7, 11) is 0. The maximum Gasteiger partial charge on any atom is 0.269 e. The highest BCUT2D eigenvalue weighted by molar-refractivity contribution is 6.03. The zero-order chi connectivity index (χ0) is 17.0. The molecule has 5 heteroatoms. The molecule has 4 saturated carbocycles. The lowest BCUT2D eigenvalue weighted by Crippen LogP contribution is -2.21. The van der Waals surface area contributed by atoms with Crippen LogP contribution in [0.1, 0.15) is 18.4 Å². The van der Waals surface area contributed by atoms with Crippen LogP contribution in [-0.2, 0) is 0 Å². The van der Waals surface area contributed by atoms with Gasteiger partial charge in [0.05, 0.1) is 16.3 Å². The average Bonchev–Trinajstić information content (AvgIpc) is 3.01. The molecule has 6 rings (SSSR count). The van der Waals surface area contributed by atoms with E-state index in [4.69, 9.17) is 5.10 Å². The quantitative estimate of drug-likeness (QED) is 0.503. The molecule has 4 aliphatic rings.